The molecule has 2 rings (SSSR count). The maximum atomic E-state index is 11.9. The van der Waals surface area contributed by atoms with Crippen molar-refractivity contribution in [3.05, 3.63) is 48.3 Å². The van der Waals surface area contributed by atoms with Gasteiger partial charge >= 0.3 is 0 Å². The van der Waals surface area contributed by atoms with Gasteiger partial charge < -0.3 is 15.8 Å². The van der Waals surface area contributed by atoms with Crippen LogP contribution in [0.3, 0.4) is 0 Å². The van der Waals surface area contributed by atoms with Crippen LogP contribution in [0, 0.1) is 0 Å². The van der Waals surface area contributed by atoms with Crippen molar-refractivity contribution in [3.63, 3.8) is 0 Å². The highest BCUT2D eigenvalue weighted by Crippen LogP contribution is 2.24. The first-order valence-electron chi connectivity index (χ1n) is 5.35. The number of carbonyl (C=O) groups is 1. The van der Waals surface area contributed by atoms with Gasteiger partial charge in [-0.2, -0.15) is 0 Å². The molecule has 18 heavy (non-hydrogen) atoms. The number of nitrogens with zero attached hydrogens (tertiary/aromatic N) is 1. The summed E-state index contributed by atoms with van der Waals surface area (Å²) >= 11 is 0. The molecule has 0 unspecified atom stereocenters. The van der Waals surface area contributed by atoms with E-state index in [-0.39, 0.29) is 5.91 Å². The van der Waals surface area contributed by atoms with Gasteiger partial charge in [0.15, 0.2) is 0 Å². The Bertz CT molecular complexity index is 555. The maximum absolute atomic E-state index is 11.9. The lowest BCUT2D eigenvalue weighted by Crippen LogP contribution is -2.12. The molecule has 0 saturated carbocycles. The number of hydrogen-bond acceptors (Lipinski definition) is 4. The van der Waals surface area contributed by atoms with Crippen molar-refractivity contribution < 1.29 is 9.53 Å². The van der Waals surface area contributed by atoms with E-state index in [4.69, 9.17) is 10.5 Å². The summed E-state index contributed by atoms with van der Waals surface area (Å²) in [5.74, 6) is 0.349. The Morgan fingerprint density at radius 2 is 2.22 bits per heavy atom. The van der Waals surface area contributed by atoms with E-state index < -0.39 is 0 Å². The Labute approximate surface area is 105 Å². The van der Waals surface area contributed by atoms with Crippen LogP contribution in [0.15, 0.2) is 42.7 Å². The van der Waals surface area contributed by atoms with Crippen molar-refractivity contribution in [1.82, 2.24) is 4.98 Å². The molecule has 2 aromatic rings. The van der Waals surface area contributed by atoms with E-state index in [0.29, 0.717) is 22.7 Å². The van der Waals surface area contributed by atoms with Crippen LogP contribution >= 0.6 is 0 Å². The van der Waals surface area contributed by atoms with Crippen LogP contribution in [-0.4, -0.2) is 18.0 Å². The molecular weight excluding hydrogens is 230 g/mol. The summed E-state index contributed by atoms with van der Waals surface area (Å²) < 4.78 is 5.04. The molecule has 92 valence electrons. The molecule has 0 aliphatic heterocycles. The van der Waals surface area contributed by atoms with Crippen molar-refractivity contribution in [2.24, 2.45) is 0 Å². The fourth-order valence-electron chi connectivity index (χ4n) is 1.51. The SMILES string of the molecule is COc1ccc(NC(=O)c2cccnc2)cc1N. The van der Waals surface area contributed by atoms with Gasteiger partial charge in [-0.25, -0.2) is 0 Å². The van der Waals surface area contributed by atoms with Gasteiger partial charge in [-0.3, -0.25) is 9.78 Å². The van der Waals surface area contributed by atoms with Gasteiger partial charge in [-0.05, 0) is 30.3 Å². The van der Waals surface area contributed by atoms with Crippen LogP contribution in [0.5, 0.6) is 5.75 Å². The Morgan fingerprint density at radius 1 is 1.39 bits per heavy atom. The first-order chi connectivity index (χ1) is 8.70. The van der Waals surface area contributed by atoms with E-state index in [0.717, 1.165) is 0 Å². The molecule has 0 radical (unpaired) electrons. The van der Waals surface area contributed by atoms with Crippen molar-refractivity contribution in [2.45, 2.75) is 0 Å². The number of carbonyl (C=O) groups excluding carboxylic acids is 1. The highest BCUT2D eigenvalue weighted by atomic mass is 16.5. The number of pyridine rings is 1. The van der Waals surface area contributed by atoms with E-state index in [1.165, 1.54) is 6.20 Å². The van der Waals surface area contributed by atoms with E-state index in [2.05, 4.69) is 10.3 Å². The molecule has 0 bridgehead atoms. The summed E-state index contributed by atoms with van der Waals surface area (Å²) in [7, 11) is 1.54. The second-order valence-corrected chi connectivity index (χ2v) is 3.65. The molecule has 3 N–H and O–H groups in total. The van der Waals surface area contributed by atoms with Gasteiger partial charge in [0.25, 0.3) is 5.91 Å². The zero-order valence-electron chi connectivity index (χ0n) is 9.88. The molecule has 1 amide bonds. The number of benzene rings is 1. The second-order valence-electron chi connectivity index (χ2n) is 3.65. The molecule has 1 aromatic carbocycles. The highest BCUT2D eigenvalue weighted by molar-refractivity contribution is 6.04. The normalized spacial score (nSPS) is 9.83. The van der Waals surface area contributed by atoms with Gasteiger partial charge in [-0.1, -0.05) is 0 Å². The average Bonchev–Trinajstić information content (AvgIpc) is 2.40. The van der Waals surface area contributed by atoms with Crippen LogP contribution < -0.4 is 15.8 Å². The molecule has 0 aliphatic rings. The quantitative estimate of drug-likeness (QED) is 0.807. The molecule has 5 heteroatoms. The van der Waals surface area contributed by atoms with E-state index in [9.17, 15) is 4.79 Å². The van der Waals surface area contributed by atoms with Crippen LogP contribution in [0.4, 0.5) is 11.4 Å². The Hall–Kier alpha value is -2.56. The summed E-state index contributed by atoms with van der Waals surface area (Å²) in [6.45, 7) is 0. The standard InChI is InChI=1S/C13H13N3O2/c1-18-12-5-4-10(7-11(12)14)16-13(17)9-3-2-6-15-8-9/h2-8H,14H2,1H3,(H,16,17). The first kappa shape index (κ1) is 11.9. The minimum Gasteiger partial charge on any atom is -0.495 e. The zero-order valence-corrected chi connectivity index (χ0v) is 9.88. The minimum absolute atomic E-state index is 0.229. The highest BCUT2D eigenvalue weighted by Gasteiger charge is 2.07. The van der Waals surface area contributed by atoms with Gasteiger partial charge in [0.2, 0.25) is 0 Å². The molecule has 0 saturated heterocycles. The van der Waals surface area contributed by atoms with Crippen molar-refractivity contribution in [1.29, 1.82) is 0 Å². The summed E-state index contributed by atoms with van der Waals surface area (Å²) in [6, 6.07) is 8.47. The molecule has 0 spiro atoms. The number of rotatable bonds is 3. The average molecular weight is 243 g/mol. The predicted octanol–water partition coefficient (Wildman–Crippen LogP) is 1.92. The molecule has 1 heterocycles. The largest absolute Gasteiger partial charge is 0.495 e. The number of methoxy groups -OCH3 is 1. The number of ether oxygens (including phenoxy) is 1. The van der Waals surface area contributed by atoms with Gasteiger partial charge in [0.05, 0.1) is 18.4 Å². The number of nitrogens with two attached hydrogens (primary N) is 1. The third-order valence-corrected chi connectivity index (χ3v) is 2.41. The number of nitrogens with one attached hydrogen (secondary N) is 1. The summed E-state index contributed by atoms with van der Waals surface area (Å²) in [4.78, 5) is 15.7. The third kappa shape index (κ3) is 2.57. The van der Waals surface area contributed by atoms with E-state index in [1.54, 1.807) is 43.6 Å². The number of aromatic nitrogens is 1. The molecule has 0 aliphatic carbocycles. The number of amides is 1. The van der Waals surface area contributed by atoms with Crippen LogP contribution in [0.1, 0.15) is 10.4 Å². The number of anilines is 2. The Kier molecular flexibility index (Phi) is 3.43. The second kappa shape index (κ2) is 5.18. The summed E-state index contributed by atoms with van der Waals surface area (Å²) in [6.07, 6.45) is 3.12. The monoisotopic (exact) mass is 243 g/mol. The lowest BCUT2D eigenvalue weighted by atomic mass is 10.2. The van der Waals surface area contributed by atoms with Gasteiger partial charge in [0, 0.05) is 18.1 Å². The fourth-order valence-corrected chi connectivity index (χ4v) is 1.51. The van der Waals surface area contributed by atoms with Crippen LogP contribution in [0.25, 0.3) is 0 Å². The topological polar surface area (TPSA) is 77.2 Å². The smallest absolute Gasteiger partial charge is 0.257 e. The Morgan fingerprint density at radius 3 is 2.83 bits per heavy atom. The molecule has 0 atom stereocenters. The van der Waals surface area contributed by atoms with Crippen LogP contribution in [0.2, 0.25) is 0 Å². The maximum Gasteiger partial charge on any atom is 0.257 e. The summed E-state index contributed by atoms with van der Waals surface area (Å²) in [5.41, 5.74) is 7.34. The van der Waals surface area contributed by atoms with Crippen molar-refractivity contribution >= 4 is 17.3 Å². The van der Waals surface area contributed by atoms with Gasteiger partial charge in [0.1, 0.15) is 5.75 Å². The van der Waals surface area contributed by atoms with E-state index in [1.807, 2.05) is 0 Å². The van der Waals surface area contributed by atoms with Crippen molar-refractivity contribution in [3.8, 4) is 5.75 Å². The van der Waals surface area contributed by atoms with Crippen molar-refractivity contribution in [2.75, 3.05) is 18.2 Å². The Balaban J connectivity index is 2.15. The first-order valence-corrected chi connectivity index (χ1v) is 5.35. The third-order valence-electron chi connectivity index (χ3n) is 2.41. The number of nitrogen functional groups attached to an aromatic ring is 1. The van der Waals surface area contributed by atoms with E-state index >= 15 is 0 Å². The zero-order chi connectivity index (χ0) is 13.0. The molecule has 0 fully saturated rings. The summed E-state index contributed by atoms with van der Waals surface area (Å²) in [5, 5.41) is 2.74. The van der Waals surface area contributed by atoms with Crippen LogP contribution in [-0.2, 0) is 0 Å². The lowest BCUT2D eigenvalue weighted by Gasteiger charge is -2.08. The lowest BCUT2D eigenvalue weighted by molar-refractivity contribution is 0.102. The molecule has 5 nitrogen and oxygen atoms in total. The fraction of sp³-hybridized carbons (Fsp3) is 0.0769. The van der Waals surface area contributed by atoms with Gasteiger partial charge in [-0.15, -0.1) is 0 Å². The minimum atomic E-state index is -0.229. The molecule has 1 aromatic heterocycles. The molecular formula is C13H13N3O2. The predicted molar refractivity (Wildman–Crippen MR) is 69.6 cm³/mol. The number of hydrogen-bond donors (Lipinski definition) is 2.